The van der Waals surface area contributed by atoms with Crippen LogP contribution in [0.5, 0.6) is 0 Å². The molecule has 0 aliphatic carbocycles. The molecule has 0 fully saturated rings. The second-order valence-corrected chi connectivity index (χ2v) is 8.97. The summed E-state index contributed by atoms with van der Waals surface area (Å²) < 4.78 is 15.7. The van der Waals surface area contributed by atoms with Gasteiger partial charge in [0.1, 0.15) is 23.2 Å². The van der Waals surface area contributed by atoms with Crippen molar-refractivity contribution in [2.75, 3.05) is 31.5 Å². The highest BCUT2D eigenvalue weighted by molar-refractivity contribution is 5.79. The number of imidazole rings is 1. The van der Waals surface area contributed by atoms with Crippen molar-refractivity contribution in [3.63, 3.8) is 0 Å². The summed E-state index contributed by atoms with van der Waals surface area (Å²) in [5, 5.41) is 3.53. The minimum Gasteiger partial charge on any atom is -0.340 e. The van der Waals surface area contributed by atoms with Crippen LogP contribution in [0.1, 0.15) is 38.1 Å². The van der Waals surface area contributed by atoms with Gasteiger partial charge in [-0.15, -0.1) is 0 Å². The lowest BCUT2D eigenvalue weighted by Crippen LogP contribution is -2.44. The largest absolute Gasteiger partial charge is 0.340 e. The second kappa shape index (κ2) is 10.8. The Morgan fingerprint density at radius 2 is 1.71 bits per heavy atom. The molecular formula is C27H34FN5O. The van der Waals surface area contributed by atoms with Crippen LogP contribution >= 0.6 is 0 Å². The van der Waals surface area contributed by atoms with Crippen LogP contribution in [0.4, 0.5) is 15.9 Å². The van der Waals surface area contributed by atoms with Crippen molar-refractivity contribution in [2.24, 2.45) is 0 Å². The van der Waals surface area contributed by atoms with Gasteiger partial charge in [-0.05, 0) is 69.3 Å². The molecule has 3 aromatic rings. The van der Waals surface area contributed by atoms with Gasteiger partial charge < -0.3 is 14.8 Å². The van der Waals surface area contributed by atoms with Crippen molar-refractivity contribution < 1.29 is 9.18 Å². The van der Waals surface area contributed by atoms with Gasteiger partial charge in [0.25, 0.3) is 0 Å². The Morgan fingerprint density at radius 3 is 2.35 bits per heavy atom. The highest BCUT2D eigenvalue weighted by Crippen LogP contribution is 2.33. The molecule has 34 heavy (non-hydrogen) atoms. The third-order valence-corrected chi connectivity index (χ3v) is 6.20. The number of benzene rings is 2. The predicted molar refractivity (Wildman–Crippen MR) is 135 cm³/mol. The fourth-order valence-electron chi connectivity index (χ4n) is 4.45. The zero-order valence-electron chi connectivity index (χ0n) is 20.4. The molecule has 0 saturated carbocycles. The Hall–Kier alpha value is -3.19. The lowest BCUT2D eigenvalue weighted by Gasteiger charge is -2.31. The number of carbonyl (C=O) groups is 1. The molecule has 7 heteroatoms. The maximum Gasteiger partial charge on any atom is 0.237 e. The molecule has 0 spiro atoms. The van der Waals surface area contributed by atoms with Gasteiger partial charge >= 0.3 is 0 Å². The summed E-state index contributed by atoms with van der Waals surface area (Å²) in [7, 11) is 0. The number of amides is 1. The van der Waals surface area contributed by atoms with E-state index in [4.69, 9.17) is 4.98 Å². The molecule has 0 bridgehead atoms. The van der Waals surface area contributed by atoms with Crippen molar-refractivity contribution in [3.8, 4) is 11.3 Å². The number of aromatic nitrogens is 2. The fraction of sp³-hybridized carbons (Fsp3) is 0.407. The minimum atomic E-state index is -0.277. The van der Waals surface area contributed by atoms with Gasteiger partial charge in [-0.25, -0.2) is 9.37 Å². The zero-order valence-corrected chi connectivity index (χ0v) is 20.4. The van der Waals surface area contributed by atoms with Crippen LogP contribution in [-0.2, 0) is 17.9 Å². The first kappa shape index (κ1) is 24.0. The SMILES string of the molecule is CCCN(CCC)CC(=O)N1CCn2c(nc(-c3ccc(F)cc3)c2Nc2ccc(C)cc2)C1. The molecule has 1 N–H and O–H groups in total. The first-order valence-corrected chi connectivity index (χ1v) is 12.2. The summed E-state index contributed by atoms with van der Waals surface area (Å²) in [6.45, 7) is 10.4. The molecule has 1 aliphatic rings. The number of aryl methyl sites for hydroxylation is 1. The van der Waals surface area contributed by atoms with Crippen molar-refractivity contribution in [1.29, 1.82) is 0 Å². The first-order chi connectivity index (χ1) is 16.5. The summed E-state index contributed by atoms with van der Waals surface area (Å²) in [4.78, 5) is 22.1. The monoisotopic (exact) mass is 463 g/mol. The Morgan fingerprint density at radius 1 is 1.03 bits per heavy atom. The molecule has 180 valence electrons. The van der Waals surface area contributed by atoms with Crippen LogP contribution < -0.4 is 5.32 Å². The van der Waals surface area contributed by atoms with E-state index in [0.717, 1.165) is 54.5 Å². The highest BCUT2D eigenvalue weighted by Gasteiger charge is 2.27. The number of halogens is 1. The number of rotatable bonds is 9. The summed E-state index contributed by atoms with van der Waals surface area (Å²) in [5.74, 6) is 1.58. The average molecular weight is 464 g/mol. The number of nitrogens with one attached hydrogen (secondary N) is 1. The third-order valence-electron chi connectivity index (χ3n) is 6.20. The molecule has 2 heterocycles. The van der Waals surface area contributed by atoms with Gasteiger partial charge in [0.05, 0.1) is 13.1 Å². The van der Waals surface area contributed by atoms with Gasteiger partial charge in [0, 0.05) is 24.3 Å². The lowest BCUT2D eigenvalue weighted by molar-refractivity contribution is -0.134. The molecule has 1 aromatic heterocycles. The normalized spacial score (nSPS) is 13.3. The van der Waals surface area contributed by atoms with Gasteiger partial charge in [-0.2, -0.15) is 0 Å². The summed E-state index contributed by atoms with van der Waals surface area (Å²) in [6.07, 6.45) is 2.07. The number of anilines is 2. The van der Waals surface area contributed by atoms with Gasteiger partial charge in [-0.3, -0.25) is 9.69 Å². The quantitative estimate of drug-likeness (QED) is 0.474. The fourth-order valence-corrected chi connectivity index (χ4v) is 4.45. The zero-order chi connectivity index (χ0) is 24.1. The van der Waals surface area contributed by atoms with Gasteiger partial charge in [0.15, 0.2) is 0 Å². The molecular weight excluding hydrogens is 429 g/mol. The van der Waals surface area contributed by atoms with Crippen molar-refractivity contribution in [3.05, 3.63) is 65.7 Å². The average Bonchev–Trinajstić information content (AvgIpc) is 3.19. The van der Waals surface area contributed by atoms with E-state index in [-0.39, 0.29) is 11.7 Å². The molecule has 6 nitrogen and oxygen atoms in total. The molecule has 2 aromatic carbocycles. The lowest BCUT2D eigenvalue weighted by atomic mass is 10.1. The number of hydrogen-bond donors (Lipinski definition) is 1. The molecule has 4 rings (SSSR count). The van der Waals surface area contributed by atoms with Gasteiger partial charge in [-0.1, -0.05) is 31.5 Å². The van der Waals surface area contributed by atoms with Crippen LogP contribution in [0.25, 0.3) is 11.3 Å². The van der Waals surface area contributed by atoms with Crippen LogP contribution in [0.3, 0.4) is 0 Å². The van der Waals surface area contributed by atoms with E-state index in [2.05, 4.69) is 47.7 Å². The maximum atomic E-state index is 13.6. The summed E-state index contributed by atoms with van der Waals surface area (Å²) in [5.41, 5.74) is 3.76. The van der Waals surface area contributed by atoms with E-state index < -0.39 is 0 Å². The standard InChI is InChI=1S/C27H34FN5O/c1-4-14-31(15-5-2)19-25(34)32-16-17-33-24(18-32)30-26(21-8-10-22(28)11-9-21)27(33)29-23-12-6-20(3)7-13-23/h6-13,29H,4-5,14-19H2,1-3H3. The van der Waals surface area contributed by atoms with Crippen LogP contribution in [-0.4, -0.2) is 51.4 Å². The Bertz CT molecular complexity index is 1100. The van der Waals surface area contributed by atoms with Crippen LogP contribution in [0.2, 0.25) is 0 Å². The van der Waals surface area contributed by atoms with E-state index in [0.29, 0.717) is 26.2 Å². The topological polar surface area (TPSA) is 53.4 Å². The van der Waals surface area contributed by atoms with Crippen LogP contribution in [0.15, 0.2) is 48.5 Å². The summed E-state index contributed by atoms with van der Waals surface area (Å²) in [6, 6.07) is 14.6. The van der Waals surface area contributed by atoms with E-state index in [9.17, 15) is 9.18 Å². The highest BCUT2D eigenvalue weighted by atomic mass is 19.1. The van der Waals surface area contributed by atoms with E-state index in [1.54, 1.807) is 12.1 Å². The van der Waals surface area contributed by atoms with Gasteiger partial charge in [0.2, 0.25) is 5.91 Å². The Kier molecular flexibility index (Phi) is 7.63. The maximum absolute atomic E-state index is 13.6. The molecule has 0 radical (unpaired) electrons. The number of nitrogens with zero attached hydrogens (tertiary/aromatic N) is 4. The molecule has 1 aliphatic heterocycles. The second-order valence-electron chi connectivity index (χ2n) is 8.97. The third kappa shape index (κ3) is 5.47. The number of fused-ring (bicyclic) bond motifs is 1. The number of hydrogen-bond acceptors (Lipinski definition) is 4. The van der Waals surface area contributed by atoms with Crippen molar-refractivity contribution in [1.82, 2.24) is 19.4 Å². The smallest absolute Gasteiger partial charge is 0.237 e. The summed E-state index contributed by atoms with van der Waals surface area (Å²) >= 11 is 0. The molecule has 0 atom stereocenters. The number of carbonyl (C=O) groups excluding carboxylic acids is 1. The molecule has 1 amide bonds. The van der Waals surface area contributed by atoms with Crippen molar-refractivity contribution >= 4 is 17.4 Å². The Balaban J connectivity index is 1.61. The first-order valence-electron chi connectivity index (χ1n) is 12.2. The minimum absolute atomic E-state index is 0.146. The van der Waals surface area contributed by atoms with E-state index >= 15 is 0 Å². The van der Waals surface area contributed by atoms with E-state index in [1.165, 1.54) is 17.7 Å². The molecule has 0 unspecified atom stereocenters. The Labute approximate surface area is 201 Å². The van der Waals surface area contributed by atoms with E-state index in [1.807, 2.05) is 17.0 Å². The van der Waals surface area contributed by atoms with Crippen LogP contribution in [0, 0.1) is 12.7 Å². The predicted octanol–water partition coefficient (Wildman–Crippen LogP) is 5.21. The van der Waals surface area contributed by atoms with Crippen molar-refractivity contribution in [2.45, 2.75) is 46.7 Å². The molecule has 0 saturated heterocycles.